The van der Waals surface area contributed by atoms with E-state index in [4.69, 9.17) is 23.2 Å². The number of fused-ring (bicyclic) bond motifs is 1. The number of methoxy groups -OCH3 is 1. The second-order valence-electron chi connectivity index (χ2n) is 5.75. The van der Waals surface area contributed by atoms with Gasteiger partial charge in [-0.2, -0.15) is 0 Å². The van der Waals surface area contributed by atoms with Crippen LogP contribution < -0.4 is 5.56 Å². The Morgan fingerprint density at radius 2 is 2.08 bits per heavy atom. The van der Waals surface area contributed by atoms with Crippen molar-refractivity contribution in [3.05, 3.63) is 49.8 Å². The highest BCUT2D eigenvalue weighted by Gasteiger charge is 2.16. The summed E-state index contributed by atoms with van der Waals surface area (Å²) in [5, 5.41) is 3.35. The molecule has 0 unspecified atom stereocenters. The third-order valence-electron chi connectivity index (χ3n) is 4.11. The summed E-state index contributed by atoms with van der Waals surface area (Å²) >= 11 is 13.5. The highest BCUT2D eigenvalue weighted by atomic mass is 35.5. The van der Waals surface area contributed by atoms with Crippen molar-refractivity contribution in [3.8, 4) is 11.1 Å². The molecule has 5 nitrogen and oxygen atoms in total. The van der Waals surface area contributed by atoms with Gasteiger partial charge >= 0.3 is 5.97 Å². The van der Waals surface area contributed by atoms with Crippen molar-refractivity contribution in [1.82, 2.24) is 9.55 Å². The summed E-state index contributed by atoms with van der Waals surface area (Å²) in [5.74, 6) is 0.326. The number of ether oxygens (including phenoxy) is 1. The molecule has 0 aliphatic heterocycles. The van der Waals surface area contributed by atoms with Crippen molar-refractivity contribution in [2.24, 2.45) is 0 Å². The van der Waals surface area contributed by atoms with Crippen molar-refractivity contribution in [1.29, 1.82) is 0 Å². The molecule has 136 valence electrons. The van der Waals surface area contributed by atoms with E-state index in [1.165, 1.54) is 18.4 Å². The molecule has 3 aromatic rings. The number of hydrogen-bond acceptors (Lipinski definition) is 5. The summed E-state index contributed by atoms with van der Waals surface area (Å²) in [6.45, 7) is 2.19. The maximum atomic E-state index is 13.1. The summed E-state index contributed by atoms with van der Waals surface area (Å²) < 4.78 is 6.24. The van der Waals surface area contributed by atoms with Gasteiger partial charge < -0.3 is 4.74 Å². The number of esters is 1. The Hall–Kier alpha value is -1.89. The van der Waals surface area contributed by atoms with Gasteiger partial charge in [-0.3, -0.25) is 14.2 Å². The topological polar surface area (TPSA) is 61.2 Å². The molecule has 0 saturated carbocycles. The van der Waals surface area contributed by atoms with Crippen molar-refractivity contribution < 1.29 is 9.53 Å². The van der Waals surface area contributed by atoms with Gasteiger partial charge in [-0.25, -0.2) is 4.98 Å². The minimum absolute atomic E-state index is 0.125. The Bertz CT molecular complexity index is 1040. The number of hydrogen-bond donors (Lipinski definition) is 0. The van der Waals surface area contributed by atoms with E-state index in [-0.39, 0.29) is 17.9 Å². The van der Waals surface area contributed by atoms with E-state index in [2.05, 4.69) is 9.72 Å². The number of rotatable bonds is 5. The van der Waals surface area contributed by atoms with Crippen molar-refractivity contribution in [2.45, 2.75) is 26.3 Å². The maximum absolute atomic E-state index is 13.1. The first-order chi connectivity index (χ1) is 12.4. The van der Waals surface area contributed by atoms with Crippen LogP contribution in [0.15, 0.2) is 28.4 Å². The van der Waals surface area contributed by atoms with Gasteiger partial charge in [0, 0.05) is 23.9 Å². The summed E-state index contributed by atoms with van der Waals surface area (Å²) in [4.78, 5) is 29.6. The molecule has 0 N–H and O–H groups in total. The van der Waals surface area contributed by atoms with Gasteiger partial charge in [-0.1, -0.05) is 29.3 Å². The van der Waals surface area contributed by atoms with E-state index < -0.39 is 0 Å². The van der Waals surface area contributed by atoms with E-state index in [0.717, 1.165) is 11.1 Å². The van der Waals surface area contributed by atoms with Crippen molar-refractivity contribution in [2.75, 3.05) is 7.11 Å². The second kappa shape index (κ2) is 7.78. The zero-order chi connectivity index (χ0) is 18.8. The largest absolute Gasteiger partial charge is 0.469 e. The lowest BCUT2D eigenvalue weighted by Crippen LogP contribution is -2.24. The molecule has 0 amide bonds. The van der Waals surface area contributed by atoms with Crippen LogP contribution in [-0.4, -0.2) is 22.6 Å². The molecule has 8 heteroatoms. The number of carbonyl (C=O) groups is 1. The van der Waals surface area contributed by atoms with Crippen molar-refractivity contribution in [3.63, 3.8) is 0 Å². The molecule has 1 aromatic carbocycles. The van der Waals surface area contributed by atoms with E-state index in [1.54, 1.807) is 23.6 Å². The van der Waals surface area contributed by atoms with Gasteiger partial charge in [-0.15, -0.1) is 11.3 Å². The first kappa shape index (κ1) is 18.9. The lowest BCUT2D eigenvalue weighted by molar-refractivity contribution is -0.140. The lowest BCUT2D eigenvalue weighted by Gasteiger charge is -2.10. The molecule has 2 heterocycles. The highest BCUT2D eigenvalue weighted by molar-refractivity contribution is 7.17. The molecule has 0 bridgehead atoms. The monoisotopic (exact) mass is 410 g/mol. The van der Waals surface area contributed by atoms with E-state index in [1.807, 2.05) is 11.4 Å². The quantitative estimate of drug-likeness (QED) is 0.572. The molecule has 26 heavy (non-hydrogen) atoms. The predicted molar refractivity (Wildman–Crippen MR) is 105 cm³/mol. The zero-order valence-corrected chi connectivity index (χ0v) is 16.5. The molecular weight excluding hydrogens is 395 g/mol. The summed E-state index contributed by atoms with van der Waals surface area (Å²) in [7, 11) is 1.35. The Kier molecular flexibility index (Phi) is 5.65. The number of thiophene rings is 1. The molecule has 0 aliphatic carbocycles. The van der Waals surface area contributed by atoms with Gasteiger partial charge in [0.15, 0.2) is 0 Å². The standard InChI is InChI=1S/C18H16Cl2N2O3S/c1-10-21-17-16(18(24)22(10)7-3-4-15(23)25-2)12(9-26-17)11-5-6-13(19)14(20)8-11/h5-6,8-9H,3-4,7H2,1-2H3. The number of benzene rings is 1. The maximum Gasteiger partial charge on any atom is 0.305 e. The van der Waals surface area contributed by atoms with Crippen LogP contribution in [0.25, 0.3) is 21.3 Å². The minimum Gasteiger partial charge on any atom is -0.469 e. The number of carbonyl (C=O) groups excluding carboxylic acids is 1. The average Bonchev–Trinajstić information content (AvgIpc) is 3.03. The van der Waals surface area contributed by atoms with E-state index >= 15 is 0 Å². The van der Waals surface area contributed by atoms with Crippen LogP contribution in [0.5, 0.6) is 0 Å². The fourth-order valence-corrected chi connectivity index (χ4v) is 4.03. The van der Waals surface area contributed by atoms with Crippen LogP contribution in [0.2, 0.25) is 10.0 Å². The Morgan fingerprint density at radius 1 is 1.31 bits per heavy atom. The minimum atomic E-state index is -0.295. The van der Waals surface area contributed by atoms with Crippen LogP contribution in [0.1, 0.15) is 18.7 Å². The predicted octanol–water partition coefficient (Wildman–Crippen LogP) is 4.69. The SMILES string of the molecule is COC(=O)CCCn1c(C)nc2scc(-c3ccc(Cl)c(Cl)c3)c2c1=O. The van der Waals surface area contributed by atoms with Crippen LogP contribution in [0.4, 0.5) is 0 Å². The van der Waals surface area contributed by atoms with Crippen LogP contribution in [-0.2, 0) is 16.1 Å². The fourth-order valence-electron chi connectivity index (χ4n) is 2.75. The second-order valence-corrected chi connectivity index (χ2v) is 7.43. The van der Waals surface area contributed by atoms with Crippen LogP contribution >= 0.6 is 34.5 Å². The fraction of sp³-hybridized carbons (Fsp3) is 0.278. The number of halogens is 2. The normalized spacial score (nSPS) is 11.1. The van der Waals surface area contributed by atoms with Gasteiger partial charge in [0.05, 0.1) is 22.5 Å². The van der Waals surface area contributed by atoms with Gasteiger partial charge in [0.25, 0.3) is 5.56 Å². The zero-order valence-electron chi connectivity index (χ0n) is 14.2. The average molecular weight is 411 g/mol. The van der Waals surface area contributed by atoms with Gasteiger partial charge in [0.2, 0.25) is 0 Å². The summed E-state index contributed by atoms with van der Waals surface area (Å²) in [6.07, 6.45) is 0.760. The first-order valence-corrected chi connectivity index (χ1v) is 9.56. The summed E-state index contributed by atoms with van der Waals surface area (Å²) in [6, 6.07) is 5.28. The molecule has 0 saturated heterocycles. The number of aromatic nitrogens is 2. The smallest absolute Gasteiger partial charge is 0.305 e. The number of aryl methyl sites for hydroxylation is 1. The highest BCUT2D eigenvalue weighted by Crippen LogP contribution is 2.34. The van der Waals surface area contributed by atoms with E-state index in [9.17, 15) is 9.59 Å². The molecule has 3 rings (SSSR count). The van der Waals surface area contributed by atoms with Crippen LogP contribution in [0, 0.1) is 6.92 Å². The molecule has 0 aliphatic rings. The van der Waals surface area contributed by atoms with Crippen LogP contribution in [0.3, 0.4) is 0 Å². The Morgan fingerprint density at radius 3 is 2.77 bits per heavy atom. The molecule has 0 fully saturated rings. The molecule has 0 radical (unpaired) electrons. The van der Waals surface area contributed by atoms with Gasteiger partial charge in [-0.05, 0) is 31.0 Å². The van der Waals surface area contributed by atoms with Crippen molar-refractivity contribution >= 4 is 50.7 Å². The molecular formula is C18H16Cl2N2O3S. The van der Waals surface area contributed by atoms with Gasteiger partial charge in [0.1, 0.15) is 10.7 Å². The molecule has 0 spiro atoms. The van der Waals surface area contributed by atoms with E-state index in [0.29, 0.717) is 39.1 Å². The number of nitrogens with zero attached hydrogens (tertiary/aromatic N) is 2. The molecule has 2 aromatic heterocycles. The summed E-state index contributed by atoms with van der Waals surface area (Å²) in [5.41, 5.74) is 1.47. The molecule has 0 atom stereocenters. The Balaban J connectivity index is 2.05. The Labute approximate surface area is 164 Å². The first-order valence-electron chi connectivity index (χ1n) is 7.93. The third-order valence-corrected chi connectivity index (χ3v) is 5.72. The lowest BCUT2D eigenvalue weighted by atomic mass is 10.1. The third kappa shape index (κ3) is 3.63.